The van der Waals surface area contributed by atoms with Crippen molar-refractivity contribution < 1.29 is 5.11 Å². The molecular formula is C11H13Cl2NO. The highest BCUT2D eigenvalue weighted by molar-refractivity contribution is 6.43. The minimum Gasteiger partial charge on any atom is -0.506 e. The van der Waals surface area contributed by atoms with E-state index in [0.29, 0.717) is 17.0 Å². The monoisotopic (exact) mass is 245 g/mol. The fourth-order valence-corrected chi connectivity index (χ4v) is 1.66. The van der Waals surface area contributed by atoms with Crippen LogP contribution in [-0.4, -0.2) is 5.11 Å². The standard InChI is InChI=1S/C11H13Cl2NO/c1-6(2)5-9(14)7-3-4-8(12)10(13)11(7)15/h3-4,9,15H,1,5,14H2,2H3/t9-/m0/s1. The number of hydrogen-bond donors (Lipinski definition) is 2. The van der Waals surface area contributed by atoms with Crippen LogP contribution >= 0.6 is 23.2 Å². The molecule has 0 bridgehead atoms. The van der Waals surface area contributed by atoms with Crippen LogP contribution in [0.25, 0.3) is 0 Å². The average molecular weight is 246 g/mol. The highest BCUT2D eigenvalue weighted by Crippen LogP contribution is 2.37. The molecule has 0 spiro atoms. The lowest BCUT2D eigenvalue weighted by molar-refractivity contribution is 0.461. The third kappa shape index (κ3) is 2.88. The Kier molecular flexibility index (Phi) is 4.03. The molecule has 0 aliphatic heterocycles. The van der Waals surface area contributed by atoms with Gasteiger partial charge in [0, 0.05) is 11.6 Å². The summed E-state index contributed by atoms with van der Waals surface area (Å²) in [4.78, 5) is 0. The summed E-state index contributed by atoms with van der Waals surface area (Å²) < 4.78 is 0. The molecule has 3 N–H and O–H groups in total. The second kappa shape index (κ2) is 4.88. The van der Waals surface area contributed by atoms with Crippen molar-refractivity contribution in [1.29, 1.82) is 0 Å². The Labute approximate surface area is 99.3 Å². The van der Waals surface area contributed by atoms with E-state index in [9.17, 15) is 5.11 Å². The van der Waals surface area contributed by atoms with Gasteiger partial charge in [0.05, 0.1) is 5.02 Å². The highest BCUT2D eigenvalue weighted by atomic mass is 35.5. The molecule has 4 heteroatoms. The largest absolute Gasteiger partial charge is 0.506 e. The van der Waals surface area contributed by atoms with Crippen LogP contribution in [0.4, 0.5) is 0 Å². The van der Waals surface area contributed by atoms with Crippen LogP contribution in [0.15, 0.2) is 24.3 Å². The van der Waals surface area contributed by atoms with Crippen LogP contribution in [0.1, 0.15) is 24.9 Å². The Morgan fingerprint density at radius 3 is 2.67 bits per heavy atom. The van der Waals surface area contributed by atoms with Crippen LogP contribution in [0.3, 0.4) is 0 Å². The van der Waals surface area contributed by atoms with Gasteiger partial charge in [-0.3, -0.25) is 0 Å². The molecule has 1 atom stereocenters. The van der Waals surface area contributed by atoms with Gasteiger partial charge >= 0.3 is 0 Å². The second-order valence-corrected chi connectivity index (χ2v) is 4.35. The summed E-state index contributed by atoms with van der Waals surface area (Å²) in [6.45, 7) is 5.65. The fraction of sp³-hybridized carbons (Fsp3) is 0.273. The molecule has 0 unspecified atom stereocenters. The van der Waals surface area contributed by atoms with Crippen LogP contribution in [0.2, 0.25) is 10.0 Å². The van der Waals surface area contributed by atoms with Crippen LogP contribution in [0.5, 0.6) is 5.75 Å². The van der Waals surface area contributed by atoms with E-state index in [1.54, 1.807) is 12.1 Å². The zero-order valence-corrected chi connectivity index (χ0v) is 9.94. The van der Waals surface area contributed by atoms with Gasteiger partial charge in [-0.15, -0.1) is 6.58 Å². The van der Waals surface area contributed by atoms with Crippen LogP contribution in [0, 0.1) is 0 Å². The van der Waals surface area contributed by atoms with Crippen molar-refractivity contribution in [3.63, 3.8) is 0 Å². The average Bonchev–Trinajstić information content (AvgIpc) is 2.13. The number of phenolic OH excluding ortho intramolecular Hbond substituents is 1. The number of phenols is 1. The smallest absolute Gasteiger partial charge is 0.140 e. The third-order valence-electron chi connectivity index (χ3n) is 2.07. The molecule has 2 nitrogen and oxygen atoms in total. The molecule has 0 amide bonds. The van der Waals surface area contributed by atoms with E-state index in [-0.39, 0.29) is 16.8 Å². The van der Waals surface area contributed by atoms with Crippen molar-refractivity contribution in [3.05, 3.63) is 39.9 Å². The van der Waals surface area contributed by atoms with E-state index < -0.39 is 0 Å². The Balaban J connectivity index is 3.05. The van der Waals surface area contributed by atoms with Crippen molar-refractivity contribution in [2.75, 3.05) is 0 Å². The minimum atomic E-state index is -0.308. The Hall–Kier alpha value is -0.700. The zero-order chi connectivity index (χ0) is 11.6. The van der Waals surface area contributed by atoms with Gasteiger partial charge in [-0.2, -0.15) is 0 Å². The second-order valence-electron chi connectivity index (χ2n) is 3.57. The number of benzene rings is 1. The summed E-state index contributed by atoms with van der Waals surface area (Å²) >= 11 is 11.5. The predicted molar refractivity (Wildman–Crippen MR) is 64.5 cm³/mol. The number of rotatable bonds is 3. The molecule has 0 aliphatic rings. The molecule has 82 valence electrons. The lowest BCUT2D eigenvalue weighted by Crippen LogP contribution is -2.10. The maximum atomic E-state index is 9.74. The van der Waals surface area contributed by atoms with Gasteiger partial charge in [-0.25, -0.2) is 0 Å². The highest BCUT2D eigenvalue weighted by Gasteiger charge is 2.15. The van der Waals surface area contributed by atoms with Crippen molar-refractivity contribution in [2.45, 2.75) is 19.4 Å². The predicted octanol–water partition coefficient (Wildman–Crippen LogP) is 3.67. The molecule has 1 aromatic carbocycles. The fourth-order valence-electron chi connectivity index (χ4n) is 1.34. The molecule has 0 radical (unpaired) electrons. The Bertz CT molecular complexity index is 390. The third-order valence-corrected chi connectivity index (χ3v) is 2.86. The van der Waals surface area contributed by atoms with Crippen molar-refractivity contribution >= 4 is 23.2 Å². The molecule has 0 heterocycles. The number of halogens is 2. The molecule has 0 saturated carbocycles. The van der Waals surface area contributed by atoms with Crippen molar-refractivity contribution in [2.24, 2.45) is 5.73 Å². The summed E-state index contributed by atoms with van der Waals surface area (Å²) in [5.41, 5.74) is 7.44. The van der Waals surface area contributed by atoms with Crippen molar-refractivity contribution in [1.82, 2.24) is 0 Å². The summed E-state index contributed by atoms with van der Waals surface area (Å²) in [6.07, 6.45) is 0.603. The molecule has 0 aliphatic carbocycles. The summed E-state index contributed by atoms with van der Waals surface area (Å²) in [7, 11) is 0. The zero-order valence-electron chi connectivity index (χ0n) is 8.43. The van der Waals surface area contributed by atoms with E-state index in [1.165, 1.54) is 0 Å². The van der Waals surface area contributed by atoms with Gasteiger partial charge in [0.1, 0.15) is 10.8 Å². The van der Waals surface area contributed by atoms with Gasteiger partial charge in [-0.1, -0.05) is 34.8 Å². The first-order valence-corrected chi connectivity index (χ1v) is 5.26. The van der Waals surface area contributed by atoms with Crippen LogP contribution in [-0.2, 0) is 0 Å². The first-order valence-electron chi connectivity index (χ1n) is 4.50. The van der Waals surface area contributed by atoms with Gasteiger partial charge < -0.3 is 10.8 Å². The van der Waals surface area contributed by atoms with E-state index >= 15 is 0 Å². The first-order chi connectivity index (χ1) is 6.93. The summed E-state index contributed by atoms with van der Waals surface area (Å²) in [5, 5.41) is 10.2. The molecule has 0 saturated heterocycles. The minimum absolute atomic E-state index is 0.0436. The maximum absolute atomic E-state index is 9.74. The summed E-state index contributed by atoms with van der Waals surface area (Å²) in [6, 6.07) is 2.99. The van der Waals surface area contributed by atoms with Gasteiger partial charge in [0.25, 0.3) is 0 Å². The van der Waals surface area contributed by atoms with Crippen molar-refractivity contribution in [3.8, 4) is 5.75 Å². The molecule has 1 aromatic rings. The van der Waals surface area contributed by atoms with Crippen LogP contribution < -0.4 is 5.73 Å². The normalized spacial score (nSPS) is 12.5. The maximum Gasteiger partial charge on any atom is 0.140 e. The molecule has 0 fully saturated rings. The molecule has 15 heavy (non-hydrogen) atoms. The number of nitrogens with two attached hydrogens (primary N) is 1. The van der Waals surface area contributed by atoms with E-state index in [4.69, 9.17) is 28.9 Å². The first kappa shape index (κ1) is 12.4. The molecular weight excluding hydrogens is 233 g/mol. The lowest BCUT2D eigenvalue weighted by Gasteiger charge is -2.14. The lowest BCUT2D eigenvalue weighted by atomic mass is 10.0. The van der Waals surface area contributed by atoms with E-state index in [0.717, 1.165) is 5.57 Å². The topological polar surface area (TPSA) is 46.2 Å². The van der Waals surface area contributed by atoms with Gasteiger partial charge in [0.2, 0.25) is 0 Å². The van der Waals surface area contributed by atoms with Gasteiger partial charge in [0.15, 0.2) is 0 Å². The van der Waals surface area contributed by atoms with Gasteiger partial charge in [-0.05, 0) is 19.4 Å². The number of aromatic hydroxyl groups is 1. The SMILES string of the molecule is C=C(C)C[C@H](N)c1ccc(Cl)c(Cl)c1O. The van der Waals surface area contributed by atoms with E-state index in [1.807, 2.05) is 6.92 Å². The number of hydrogen-bond acceptors (Lipinski definition) is 2. The Morgan fingerprint density at radius 1 is 1.53 bits per heavy atom. The quantitative estimate of drug-likeness (QED) is 0.799. The molecule has 0 aromatic heterocycles. The van der Waals surface area contributed by atoms with E-state index in [2.05, 4.69) is 6.58 Å². The molecule has 1 rings (SSSR count). The summed E-state index contributed by atoms with van der Waals surface area (Å²) in [5.74, 6) is -0.0436. The Morgan fingerprint density at radius 2 is 2.13 bits per heavy atom.